The number of rotatable bonds is 11. The highest BCUT2D eigenvalue weighted by Crippen LogP contribution is 2.34. The molecule has 2 aliphatic rings. The van der Waals surface area contributed by atoms with E-state index in [9.17, 15) is 13.6 Å². The normalized spacial score (nSPS) is 25.0. The second-order valence-corrected chi connectivity index (χ2v) is 10.2. The van der Waals surface area contributed by atoms with E-state index in [0.717, 1.165) is 37.5 Å². The molecule has 0 radical (unpaired) electrons. The molecule has 0 unspecified atom stereocenters. The van der Waals surface area contributed by atoms with Gasteiger partial charge < -0.3 is 9.47 Å². The summed E-state index contributed by atoms with van der Waals surface area (Å²) >= 11 is 0. The third-order valence-electron chi connectivity index (χ3n) is 7.60. The maximum atomic E-state index is 13.7. The van der Waals surface area contributed by atoms with Gasteiger partial charge in [-0.3, -0.25) is 4.79 Å². The Hall–Kier alpha value is -2.00. The minimum Gasteiger partial charge on any atom is -0.426 e. The highest BCUT2D eigenvalue weighted by molar-refractivity contribution is 5.75. The molecular formula is C28H39F2NO3. The lowest BCUT2D eigenvalue weighted by molar-refractivity contribution is -0.141. The number of carbonyl (C=O) groups is 1. The van der Waals surface area contributed by atoms with E-state index in [1.165, 1.54) is 70.3 Å². The summed E-state index contributed by atoms with van der Waals surface area (Å²) < 4.78 is 38.9. The number of nitrogens with zero attached hydrogens (tertiary/aromatic N) is 1. The fourth-order valence-electron chi connectivity index (χ4n) is 5.38. The highest BCUT2D eigenvalue weighted by atomic mass is 19.1. The first-order valence-electron chi connectivity index (χ1n) is 13.2. The summed E-state index contributed by atoms with van der Waals surface area (Å²) in [6, 6.07) is 3.23. The molecule has 0 aliphatic heterocycles. The lowest BCUT2D eigenvalue weighted by Gasteiger charge is -2.31. The van der Waals surface area contributed by atoms with Crippen molar-refractivity contribution in [1.29, 1.82) is 5.26 Å². The van der Waals surface area contributed by atoms with Gasteiger partial charge in [-0.05, 0) is 50.4 Å². The first kappa shape index (κ1) is 26.6. The average Bonchev–Trinajstić information content (AvgIpc) is 2.83. The van der Waals surface area contributed by atoms with Gasteiger partial charge in [0.2, 0.25) is 0 Å². The maximum absolute atomic E-state index is 13.7. The van der Waals surface area contributed by atoms with E-state index in [0.29, 0.717) is 18.8 Å². The van der Waals surface area contributed by atoms with Gasteiger partial charge in [0.25, 0.3) is 0 Å². The van der Waals surface area contributed by atoms with E-state index in [1.807, 2.05) is 0 Å². The molecule has 4 nitrogen and oxygen atoms in total. The molecule has 0 aromatic heterocycles. The van der Waals surface area contributed by atoms with Gasteiger partial charge in [0, 0.05) is 18.7 Å². The number of benzene rings is 1. The molecule has 0 N–H and O–H groups in total. The number of hydrogen-bond donors (Lipinski definition) is 0. The molecule has 2 fully saturated rings. The van der Waals surface area contributed by atoms with Crippen LogP contribution in [0.2, 0.25) is 0 Å². The van der Waals surface area contributed by atoms with Gasteiger partial charge in [-0.25, -0.2) is 8.78 Å². The first-order chi connectivity index (χ1) is 16.5. The van der Waals surface area contributed by atoms with Crippen LogP contribution in [-0.2, 0) is 9.53 Å². The van der Waals surface area contributed by atoms with Crippen molar-refractivity contribution in [2.45, 2.75) is 103 Å². The van der Waals surface area contributed by atoms with Crippen LogP contribution in [0.25, 0.3) is 0 Å². The number of halogens is 2. The van der Waals surface area contributed by atoms with Gasteiger partial charge in [-0.1, -0.05) is 58.3 Å². The number of esters is 1. The van der Waals surface area contributed by atoms with E-state index >= 15 is 0 Å². The standard InChI is InChI=1S/C28H39F2NO3/c1-2-3-4-5-6-7-20-8-10-21(11-9-20)19-33-23-14-12-22(13-15-23)28(32)34-24-16-26(29)25(18-31)27(30)17-24/h16-17,20-23H,2-15,19H2,1H3. The zero-order valence-electron chi connectivity index (χ0n) is 20.5. The van der Waals surface area contributed by atoms with Gasteiger partial charge >= 0.3 is 5.97 Å². The minimum absolute atomic E-state index is 0.171. The summed E-state index contributed by atoms with van der Waals surface area (Å²) in [5, 5.41) is 8.74. The summed E-state index contributed by atoms with van der Waals surface area (Å²) in [4.78, 5) is 12.4. The molecule has 2 saturated carbocycles. The van der Waals surface area contributed by atoms with E-state index in [4.69, 9.17) is 14.7 Å². The van der Waals surface area contributed by atoms with Crippen LogP contribution in [0.1, 0.15) is 102 Å². The fourth-order valence-corrected chi connectivity index (χ4v) is 5.38. The fraction of sp³-hybridized carbons (Fsp3) is 0.714. The van der Waals surface area contributed by atoms with Crippen molar-refractivity contribution < 1.29 is 23.0 Å². The van der Waals surface area contributed by atoms with Gasteiger partial charge in [0.1, 0.15) is 29.0 Å². The van der Waals surface area contributed by atoms with Crippen LogP contribution in [0.4, 0.5) is 8.78 Å². The molecule has 6 heteroatoms. The highest BCUT2D eigenvalue weighted by Gasteiger charge is 2.29. The average molecular weight is 476 g/mol. The topological polar surface area (TPSA) is 59.3 Å². The third kappa shape index (κ3) is 8.05. The Labute approximate surface area is 203 Å². The molecule has 0 heterocycles. The Bertz CT molecular complexity index is 798. The zero-order chi connectivity index (χ0) is 24.3. The van der Waals surface area contributed by atoms with Crippen molar-refractivity contribution in [1.82, 2.24) is 0 Å². The van der Waals surface area contributed by atoms with E-state index in [1.54, 1.807) is 0 Å². The van der Waals surface area contributed by atoms with Crippen molar-refractivity contribution in [3.63, 3.8) is 0 Å². The molecule has 0 spiro atoms. The van der Waals surface area contributed by atoms with Crippen molar-refractivity contribution in [3.8, 4) is 11.8 Å². The lowest BCUT2D eigenvalue weighted by atomic mass is 9.80. The molecule has 3 rings (SSSR count). The molecule has 0 atom stereocenters. The molecule has 188 valence electrons. The van der Waals surface area contributed by atoms with Crippen LogP contribution in [0, 0.1) is 40.7 Å². The first-order valence-corrected chi connectivity index (χ1v) is 13.2. The van der Waals surface area contributed by atoms with Gasteiger partial charge in [-0.15, -0.1) is 0 Å². The quantitative estimate of drug-likeness (QED) is 0.189. The molecular weight excluding hydrogens is 436 g/mol. The van der Waals surface area contributed by atoms with Crippen molar-refractivity contribution in [2.24, 2.45) is 17.8 Å². The Kier molecular flexibility index (Phi) is 10.8. The Balaban J connectivity index is 1.31. The molecule has 34 heavy (non-hydrogen) atoms. The smallest absolute Gasteiger partial charge is 0.314 e. The van der Waals surface area contributed by atoms with Gasteiger partial charge in [-0.2, -0.15) is 5.26 Å². The summed E-state index contributed by atoms with van der Waals surface area (Å²) in [7, 11) is 0. The van der Waals surface area contributed by atoms with Crippen molar-refractivity contribution in [3.05, 3.63) is 29.3 Å². The van der Waals surface area contributed by atoms with Crippen molar-refractivity contribution >= 4 is 5.97 Å². The Morgan fingerprint density at radius 1 is 0.941 bits per heavy atom. The van der Waals surface area contributed by atoms with Gasteiger partial charge in [0.05, 0.1) is 12.0 Å². The molecule has 0 bridgehead atoms. The van der Waals surface area contributed by atoms with Gasteiger partial charge in [0.15, 0.2) is 0 Å². The van der Waals surface area contributed by atoms with Crippen LogP contribution >= 0.6 is 0 Å². The number of ether oxygens (including phenoxy) is 2. The Morgan fingerprint density at radius 2 is 1.56 bits per heavy atom. The van der Waals surface area contributed by atoms with Crippen LogP contribution in [0.5, 0.6) is 5.75 Å². The van der Waals surface area contributed by atoms with Crippen molar-refractivity contribution in [2.75, 3.05) is 6.61 Å². The maximum Gasteiger partial charge on any atom is 0.314 e. The molecule has 1 aromatic rings. The third-order valence-corrected chi connectivity index (χ3v) is 7.60. The molecule has 2 aliphatic carbocycles. The predicted molar refractivity (Wildman–Crippen MR) is 127 cm³/mol. The Morgan fingerprint density at radius 3 is 2.18 bits per heavy atom. The summed E-state index contributed by atoms with van der Waals surface area (Å²) in [5.41, 5.74) is -0.673. The SMILES string of the molecule is CCCCCCCC1CCC(COC2CCC(C(=O)Oc3cc(F)c(C#N)c(F)c3)CC2)CC1. The second-order valence-electron chi connectivity index (χ2n) is 10.2. The predicted octanol–water partition coefficient (Wildman–Crippen LogP) is 7.48. The van der Waals surface area contributed by atoms with Crippen LogP contribution in [-0.4, -0.2) is 18.7 Å². The van der Waals surface area contributed by atoms with Crippen LogP contribution in [0.15, 0.2) is 12.1 Å². The number of hydrogen-bond acceptors (Lipinski definition) is 4. The second kappa shape index (κ2) is 13.8. The number of unbranched alkanes of at least 4 members (excludes halogenated alkanes) is 4. The summed E-state index contributed by atoms with van der Waals surface area (Å²) in [6.45, 7) is 3.07. The summed E-state index contributed by atoms with van der Waals surface area (Å²) in [6.07, 6.45) is 16.4. The van der Waals surface area contributed by atoms with E-state index in [-0.39, 0.29) is 17.8 Å². The van der Waals surface area contributed by atoms with Crippen LogP contribution < -0.4 is 4.74 Å². The lowest BCUT2D eigenvalue weighted by Crippen LogP contribution is -2.30. The molecule has 0 saturated heterocycles. The van der Waals surface area contributed by atoms with E-state index < -0.39 is 23.2 Å². The molecule has 0 amide bonds. The van der Waals surface area contributed by atoms with Crippen LogP contribution in [0.3, 0.4) is 0 Å². The number of nitriles is 1. The summed E-state index contributed by atoms with van der Waals surface area (Å²) in [5.74, 6) is -1.47. The number of carbonyl (C=O) groups excluding carboxylic acids is 1. The zero-order valence-corrected chi connectivity index (χ0v) is 20.5. The molecule has 1 aromatic carbocycles. The minimum atomic E-state index is -1.02. The monoisotopic (exact) mass is 475 g/mol. The largest absolute Gasteiger partial charge is 0.426 e. The van der Waals surface area contributed by atoms with E-state index in [2.05, 4.69) is 6.92 Å².